The zero-order valence-electron chi connectivity index (χ0n) is 13.9. The molecule has 6 heteroatoms. The molecule has 0 aliphatic carbocycles. The van der Waals surface area contributed by atoms with Crippen LogP contribution in [0.3, 0.4) is 0 Å². The van der Waals surface area contributed by atoms with Crippen molar-refractivity contribution < 1.29 is 9.53 Å². The Kier molecular flexibility index (Phi) is 4.61. The lowest BCUT2D eigenvalue weighted by Crippen LogP contribution is -2.23. The number of rotatable bonds is 4. The zero-order valence-corrected chi connectivity index (χ0v) is 13.9. The molecule has 3 rings (SSSR count). The van der Waals surface area contributed by atoms with Gasteiger partial charge in [-0.2, -0.15) is 0 Å². The first-order valence-electron chi connectivity index (χ1n) is 7.73. The average molecular weight is 335 g/mol. The number of carbonyl (C=O) groups excluding carboxylic acids is 1. The first-order chi connectivity index (χ1) is 12.0. The largest absolute Gasteiger partial charge is 0.457 e. The minimum atomic E-state index is -0.455. The Balaban J connectivity index is 1.76. The Bertz CT molecular complexity index is 965. The van der Waals surface area contributed by atoms with Gasteiger partial charge in [0.1, 0.15) is 17.1 Å². The SMILES string of the molecule is Cc1ccc(C(=O)Nc2ccc(Oc3ccncc3)c(C)c2)c(=O)[nH]1. The van der Waals surface area contributed by atoms with Gasteiger partial charge in [-0.15, -0.1) is 0 Å². The molecule has 0 saturated carbocycles. The lowest BCUT2D eigenvalue weighted by Gasteiger charge is -2.11. The Morgan fingerprint density at radius 3 is 2.52 bits per heavy atom. The van der Waals surface area contributed by atoms with Gasteiger partial charge >= 0.3 is 0 Å². The number of anilines is 1. The van der Waals surface area contributed by atoms with Crippen molar-refractivity contribution in [1.82, 2.24) is 9.97 Å². The van der Waals surface area contributed by atoms with Crippen LogP contribution in [0.15, 0.2) is 59.7 Å². The van der Waals surface area contributed by atoms with E-state index in [1.54, 1.807) is 55.7 Å². The van der Waals surface area contributed by atoms with E-state index in [9.17, 15) is 9.59 Å². The molecule has 0 bridgehead atoms. The average Bonchev–Trinajstić information content (AvgIpc) is 2.58. The zero-order chi connectivity index (χ0) is 17.8. The molecule has 2 N–H and O–H groups in total. The van der Waals surface area contributed by atoms with Crippen LogP contribution in [0.1, 0.15) is 21.6 Å². The van der Waals surface area contributed by atoms with Gasteiger partial charge < -0.3 is 15.0 Å². The van der Waals surface area contributed by atoms with Gasteiger partial charge in [-0.3, -0.25) is 14.6 Å². The monoisotopic (exact) mass is 335 g/mol. The molecule has 0 atom stereocenters. The molecule has 2 aromatic heterocycles. The molecule has 25 heavy (non-hydrogen) atoms. The summed E-state index contributed by atoms with van der Waals surface area (Å²) in [5.74, 6) is 0.905. The highest BCUT2D eigenvalue weighted by molar-refractivity contribution is 6.04. The molecular formula is C19H17N3O3. The predicted molar refractivity (Wildman–Crippen MR) is 95.2 cm³/mol. The van der Waals surface area contributed by atoms with Gasteiger partial charge in [-0.25, -0.2) is 0 Å². The van der Waals surface area contributed by atoms with Crippen LogP contribution in [0.25, 0.3) is 0 Å². The second-order valence-electron chi connectivity index (χ2n) is 5.60. The summed E-state index contributed by atoms with van der Waals surface area (Å²) in [6, 6.07) is 12.0. The number of pyridine rings is 2. The van der Waals surface area contributed by atoms with Crippen molar-refractivity contribution in [3.63, 3.8) is 0 Å². The Morgan fingerprint density at radius 2 is 1.84 bits per heavy atom. The summed E-state index contributed by atoms with van der Waals surface area (Å²) < 4.78 is 5.78. The van der Waals surface area contributed by atoms with Crippen LogP contribution in [0, 0.1) is 13.8 Å². The highest BCUT2D eigenvalue weighted by Gasteiger charge is 2.11. The van der Waals surface area contributed by atoms with Crippen LogP contribution in [0.5, 0.6) is 11.5 Å². The maximum Gasteiger partial charge on any atom is 0.261 e. The molecule has 1 aromatic carbocycles. The number of carbonyl (C=O) groups is 1. The first-order valence-corrected chi connectivity index (χ1v) is 7.73. The van der Waals surface area contributed by atoms with Gasteiger partial charge in [0.25, 0.3) is 11.5 Å². The fourth-order valence-electron chi connectivity index (χ4n) is 2.32. The third-order valence-corrected chi connectivity index (χ3v) is 3.61. The summed E-state index contributed by atoms with van der Waals surface area (Å²) in [6.45, 7) is 3.64. The van der Waals surface area contributed by atoms with Crippen molar-refractivity contribution in [3.05, 3.63) is 82.0 Å². The van der Waals surface area contributed by atoms with Crippen molar-refractivity contribution in [3.8, 4) is 11.5 Å². The minimum Gasteiger partial charge on any atom is -0.457 e. The standard InChI is InChI=1S/C19H17N3O3/c1-12-11-14(4-6-17(12)25-15-7-9-20-10-8-15)22-19(24)16-5-3-13(2)21-18(16)23/h3-11H,1-2H3,(H,21,23)(H,22,24). The van der Waals surface area contributed by atoms with E-state index >= 15 is 0 Å². The lowest BCUT2D eigenvalue weighted by atomic mass is 10.2. The minimum absolute atomic E-state index is 0.0698. The number of hydrogen-bond donors (Lipinski definition) is 2. The number of aromatic nitrogens is 2. The normalized spacial score (nSPS) is 10.3. The van der Waals surface area contributed by atoms with Gasteiger partial charge in [-0.1, -0.05) is 0 Å². The smallest absolute Gasteiger partial charge is 0.261 e. The third-order valence-electron chi connectivity index (χ3n) is 3.61. The molecule has 126 valence electrons. The summed E-state index contributed by atoms with van der Waals surface area (Å²) >= 11 is 0. The maximum absolute atomic E-state index is 12.3. The summed E-state index contributed by atoms with van der Waals surface area (Å²) in [5.41, 5.74) is 1.80. The Morgan fingerprint density at radius 1 is 1.08 bits per heavy atom. The number of nitrogens with zero attached hydrogens (tertiary/aromatic N) is 1. The van der Waals surface area contributed by atoms with E-state index in [0.717, 1.165) is 5.56 Å². The molecule has 0 radical (unpaired) electrons. The van der Waals surface area contributed by atoms with Gasteiger partial charge in [0, 0.05) is 23.8 Å². The number of benzene rings is 1. The maximum atomic E-state index is 12.3. The number of aryl methyl sites for hydroxylation is 2. The number of amides is 1. The molecule has 0 unspecified atom stereocenters. The molecule has 6 nitrogen and oxygen atoms in total. The number of H-pyrrole nitrogens is 1. The van der Waals surface area contributed by atoms with E-state index in [-0.39, 0.29) is 5.56 Å². The molecule has 2 heterocycles. The summed E-state index contributed by atoms with van der Waals surface area (Å²) in [6.07, 6.45) is 3.30. The van der Waals surface area contributed by atoms with Crippen LogP contribution in [0.4, 0.5) is 5.69 Å². The number of aromatic amines is 1. The fourth-order valence-corrected chi connectivity index (χ4v) is 2.32. The van der Waals surface area contributed by atoms with Crippen molar-refractivity contribution >= 4 is 11.6 Å². The first kappa shape index (κ1) is 16.4. The molecular weight excluding hydrogens is 318 g/mol. The van der Waals surface area contributed by atoms with Gasteiger partial charge in [0.05, 0.1) is 0 Å². The topological polar surface area (TPSA) is 84.1 Å². The van der Waals surface area contributed by atoms with Crippen LogP contribution >= 0.6 is 0 Å². The van der Waals surface area contributed by atoms with Crippen molar-refractivity contribution in [2.75, 3.05) is 5.32 Å². The number of hydrogen-bond acceptors (Lipinski definition) is 4. The van der Waals surface area contributed by atoms with Crippen LogP contribution in [-0.2, 0) is 0 Å². The quantitative estimate of drug-likeness (QED) is 0.765. The Labute approximate surface area is 144 Å². The lowest BCUT2D eigenvalue weighted by molar-refractivity contribution is 0.102. The van der Waals surface area contributed by atoms with Gasteiger partial charge in [-0.05, 0) is 61.9 Å². The highest BCUT2D eigenvalue weighted by atomic mass is 16.5. The Hall–Kier alpha value is -3.41. The van der Waals surface area contributed by atoms with Crippen LogP contribution in [-0.4, -0.2) is 15.9 Å². The third kappa shape index (κ3) is 3.92. The molecule has 1 amide bonds. The van der Waals surface area contributed by atoms with E-state index in [4.69, 9.17) is 4.74 Å². The highest BCUT2D eigenvalue weighted by Crippen LogP contribution is 2.27. The summed E-state index contributed by atoms with van der Waals surface area (Å²) in [4.78, 5) is 30.7. The molecule has 0 saturated heterocycles. The fraction of sp³-hybridized carbons (Fsp3) is 0.105. The van der Waals surface area contributed by atoms with E-state index in [1.165, 1.54) is 6.07 Å². The second kappa shape index (κ2) is 7.00. The number of ether oxygens (including phenoxy) is 1. The number of nitrogens with one attached hydrogen (secondary N) is 2. The van der Waals surface area contributed by atoms with E-state index in [1.807, 2.05) is 6.92 Å². The summed E-state index contributed by atoms with van der Waals surface area (Å²) in [7, 11) is 0. The molecule has 3 aromatic rings. The second-order valence-corrected chi connectivity index (χ2v) is 5.60. The van der Waals surface area contributed by atoms with Gasteiger partial charge in [0.2, 0.25) is 0 Å². The predicted octanol–water partition coefficient (Wildman–Crippen LogP) is 3.43. The molecule has 0 spiro atoms. The van der Waals surface area contributed by atoms with E-state index in [2.05, 4.69) is 15.3 Å². The van der Waals surface area contributed by atoms with E-state index < -0.39 is 11.5 Å². The van der Waals surface area contributed by atoms with Crippen LogP contribution < -0.4 is 15.6 Å². The van der Waals surface area contributed by atoms with Crippen molar-refractivity contribution in [2.24, 2.45) is 0 Å². The van der Waals surface area contributed by atoms with E-state index in [0.29, 0.717) is 22.9 Å². The molecule has 0 aliphatic rings. The van der Waals surface area contributed by atoms with Gasteiger partial charge in [0.15, 0.2) is 0 Å². The molecule has 0 aliphatic heterocycles. The summed E-state index contributed by atoms with van der Waals surface area (Å²) in [5, 5.41) is 2.73. The van der Waals surface area contributed by atoms with Crippen LogP contribution in [0.2, 0.25) is 0 Å². The van der Waals surface area contributed by atoms with Crippen molar-refractivity contribution in [2.45, 2.75) is 13.8 Å². The molecule has 0 fully saturated rings. The van der Waals surface area contributed by atoms with Crippen molar-refractivity contribution in [1.29, 1.82) is 0 Å².